The van der Waals surface area contributed by atoms with E-state index in [1.54, 1.807) is 6.92 Å². The molecule has 3 N–H and O–H groups in total. The van der Waals surface area contributed by atoms with Crippen molar-refractivity contribution >= 4 is 6.09 Å². The Kier molecular flexibility index (Phi) is 5.80. The minimum absolute atomic E-state index is 0.0675. The number of alkyl carbamates (subject to hydrolysis) is 1. The number of aryl methyl sites for hydroxylation is 1. The third kappa shape index (κ3) is 3.93. The van der Waals surface area contributed by atoms with Gasteiger partial charge in [-0.2, -0.15) is 0 Å². The number of fused-ring (bicyclic) bond motifs is 3. The molecule has 34 heavy (non-hydrogen) atoms. The summed E-state index contributed by atoms with van der Waals surface area (Å²) in [5.41, 5.74) is 3.79. The second-order valence-corrected chi connectivity index (χ2v) is 8.60. The maximum atomic E-state index is 12.7. The van der Waals surface area contributed by atoms with Gasteiger partial charge >= 0.3 is 11.8 Å². The van der Waals surface area contributed by atoms with Crippen LogP contribution in [0.4, 0.5) is 4.79 Å². The molecule has 3 aromatic rings. The third-order valence-corrected chi connectivity index (χ3v) is 6.52. The quantitative estimate of drug-likeness (QED) is 0.532. The summed E-state index contributed by atoms with van der Waals surface area (Å²) in [6.07, 6.45) is -0.431. The second-order valence-electron chi connectivity index (χ2n) is 8.60. The lowest BCUT2D eigenvalue weighted by Crippen LogP contribution is -2.42. The lowest BCUT2D eigenvalue weighted by atomic mass is 9.98. The van der Waals surface area contributed by atoms with Gasteiger partial charge in [0.05, 0.1) is 12.6 Å². The first-order valence-electron chi connectivity index (χ1n) is 11.2. The van der Waals surface area contributed by atoms with Crippen LogP contribution in [0.3, 0.4) is 0 Å². The lowest BCUT2D eigenvalue weighted by Gasteiger charge is -2.19. The summed E-state index contributed by atoms with van der Waals surface area (Å²) in [4.78, 5) is 38.8. The number of nitrogens with one attached hydrogen (secondary N) is 2. The predicted octanol–water partition coefficient (Wildman–Crippen LogP) is 2.03. The van der Waals surface area contributed by atoms with E-state index < -0.39 is 35.7 Å². The van der Waals surface area contributed by atoms with Gasteiger partial charge in [0.25, 0.3) is 5.56 Å². The molecule has 1 aliphatic heterocycles. The highest BCUT2D eigenvalue weighted by molar-refractivity contribution is 5.79. The molecular formula is C25H25N3O6. The Hall–Kier alpha value is -3.69. The summed E-state index contributed by atoms with van der Waals surface area (Å²) in [6.45, 7) is 1.40. The van der Waals surface area contributed by atoms with Gasteiger partial charge in [-0.3, -0.25) is 14.3 Å². The topological polar surface area (TPSA) is 123 Å². The summed E-state index contributed by atoms with van der Waals surface area (Å²) in [7, 11) is 0. The van der Waals surface area contributed by atoms with Crippen LogP contribution >= 0.6 is 0 Å². The van der Waals surface area contributed by atoms with Crippen LogP contribution in [0.5, 0.6) is 0 Å². The van der Waals surface area contributed by atoms with Gasteiger partial charge in [-0.25, -0.2) is 9.59 Å². The van der Waals surface area contributed by atoms with Crippen molar-refractivity contribution in [2.45, 2.75) is 37.6 Å². The van der Waals surface area contributed by atoms with Crippen molar-refractivity contribution in [2.75, 3.05) is 13.2 Å². The second kappa shape index (κ2) is 8.92. The number of aromatic amines is 1. The molecule has 1 aliphatic carbocycles. The van der Waals surface area contributed by atoms with E-state index >= 15 is 0 Å². The normalized spacial score (nSPS) is 21.2. The first kappa shape index (κ1) is 22.1. The molecule has 0 unspecified atom stereocenters. The number of amides is 1. The van der Waals surface area contributed by atoms with Crippen molar-refractivity contribution < 1.29 is 19.4 Å². The van der Waals surface area contributed by atoms with E-state index in [9.17, 15) is 19.5 Å². The Balaban J connectivity index is 1.27. The Morgan fingerprint density at radius 2 is 1.79 bits per heavy atom. The fourth-order valence-corrected chi connectivity index (χ4v) is 4.81. The van der Waals surface area contributed by atoms with Gasteiger partial charge in [0.15, 0.2) is 0 Å². The number of rotatable bonds is 5. The Morgan fingerprint density at radius 1 is 1.15 bits per heavy atom. The maximum Gasteiger partial charge on any atom is 0.407 e. The van der Waals surface area contributed by atoms with Crippen LogP contribution < -0.4 is 16.6 Å². The minimum Gasteiger partial charge on any atom is -0.449 e. The fourth-order valence-electron chi connectivity index (χ4n) is 4.81. The number of aliphatic hydroxyl groups is 1. The largest absolute Gasteiger partial charge is 0.449 e. The van der Waals surface area contributed by atoms with Gasteiger partial charge in [-0.15, -0.1) is 0 Å². The number of aliphatic hydroxyl groups excluding tert-OH is 1. The van der Waals surface area contributed by atoms with Crippen LogP contribution in [0.2, 0.25) is 0 Å². The average Bonchev–Trinajstić information content (AvgIpc) is 3.38. The van der Waals surface area contributed by atoms with Gasteiger partial charge < -0.3 is 19.9 Å². The number of hydrogen-bond donors (Lipinski definition) is 3. The molecule has 176 valence electrons. The predicted molar refractivity (Wildman–Crippen MR) is 124 cm³/mol. The number of nitrogens with zero attached hydrogens (tertiary/aromatic N) is 1. The monoisotopic (exact) mass is 463 g/mol. The molecule has 9 nitrogen and oxygen atoms in total. The van der Waals surface area contributed by atoms with E-state index in [1.165, 1.54) is 10.8 Å². The zero-order chi connectivity index (χ0) is 23.8. The molecule has 1 fully saturated rings. The van der Waals surface area contributed by atoms with Gasteiger partial charge in [-0.05, 0) is 29.2 Å². The van der Waals surface area contributed by atoms with Crippen LogP contribution in [0.25, 0.3) is 11.1 Å². The first-order chi connectivity index (χ1) is 16.5. The zero-order valence-corrected chi connectivity index (χ0v) is 18.6. The van der Waals surface area contributed by atoms with Crippen LogP contribution in [-0.4, -0.2) is 46.1 Å². The molecule has 2 aliphatic rings. The van der Waals surface area contributed by atoms with Crippen molar-refractivity contribution in [1.82, 2.24) is 14.9 Å². The number of benzene rings is 2. The van der Waals surface area contributed by atoms with Crippen LogP contribution in [0, 0.1) is 6.92 Å². The van der Waals surface area contributed by atoms with Gasteiger partial charge in [0.2, 0.25) is 0 Å². The zero-order valence-electron chi connectivity index (χ0n) is 18.6. The summed E-state index contributed by atoms with van der Waals surface area (Å²) in [6, 6.07) is 15.6. The van der Waals surface area contributed by atoms with E-state index in [0.717, 1.165) is 22.3 Å². The van der Waals surface area contributed by atoms with E-state index in [2.05, 4.69) is 22.4 Å². The van der Waals surface area contributed by atoms with E-state index in [4.69, 9.17) is 9.47 Å². The summed E-state index contributed by atoms with van der Waals surface area (Å²) in [5.74, 6) is -0.0675. The third-order valence-electron chi connectivity index (χ3n) is 6.52. The summed E-state index contributed by atoms with van der Waals surface area (Å²) >= 11 is 0. The molecule has 3 atom stereocenters. The highest BCUT2D eigenvalue weighted by Crippen LogP contribution is 2.44. The van der Waals surface area contributed by atoms with Gasteiger partial charge in [0.1, 0.15) is 18.9 Å². The Morgan fingerprint density at radius 3 is 2.44 bits per heavy atom. The van der Waals surface area contributed by atoms with Crippen LogP contribution in [0.1, 0.15) is 35.3 Å². The van der Waals surface area contributed by atoms with E-state index in [-0.39, 0.29) is 25.6 Å². The number of ether oxygens (including phenoxy) is 2. The molecular weight excluding hydrogens is 438 g/mol. The summed E-state index contributed by atoms with van der Waals surface area (Å²) < 4.78 is 12.6. The molecule has 0 radical (unpaired) electrons. The first-order valence-corrected chi connectivity index (χ1v) is 11.2. The molecule has 0 bridgehead atoms. The molecule has 2 heterocycles. The van der Waals surface area contributed by atoms with Crippen molar-refractivity contribution in [3.8, 4) is 11.1 Å². The van der Waals surface area contributed by atoms with Crippen molar-refractivity contribution in [1.29, 1.82) is 0 Å². The molecule has 5 rings (SSSR count). The molecule has 1 aromatic heterocycles. The molecule has 2 aromatic carbocycles. The number of carbonyl (C=O) groups is 1. The highest BCUT2D eigenvalue weighted by Gasteiger charge is 2.38. The van der Waals surface area contributed by atoms with E-state index in [1.807, 2.05) is 36.4 Å². The Labute approximate surface area is 195 Å². The molecule has 1 amide bonds. The van der Waals surface area contributed by atoms with Gasteiger partial charge in [0, 0.05) is 24.1 Å². The average molecular weight is 463 g/mol. The molecule has 0 saturated carbocycles. The number of aromatic nitrogens is 2. The molecule has 1 saturated heterocycles. The standard InChI is InChI=1S/C25H25N3O6/c1-14-11-28(24(31)27-23(14)30)22-10-20(21(12-29)34-22)26-25(32)33-13-19-17-8-4-2-6-15(17)16-7-3-5-9-18(16)19/h2-9,11,19-22,29H,10,12-13H2,1H3,(H,26,32)(H,27,30,31)/t20-,21+,22+/m0/s1. The number of carbonyl (C=O) groups excluding carboxylic acids is 1. The van der Waals surface area contributed by atoms with Crippen molar-refractivity contribution in [3.63, 3.8) is 0 Å². The number of H-pyrrole nitrogens is 1. The van der Waals surface area contributed by atoms with Gasteiger partial charge in [-0.1, -0.05) is 48.5 Å². The minimum atomic E-state index is -0.737. The number of hydrogen-bond acceptors (Lipinski definition) is 6. The van der Waals surface area contributed by atoms with E-state index in [0.29, 0.717) is 5.56 Å². The summed E-state index contributed by atoms with van der Waals surface area (Å²) in [5, 5.41) is 12.5. The lowest BCUT2D eigenvalue weighted by molar-refractivity contribution is -0.0290. The highest BCUT2D eigenvalue weighted by atomic mass is 16.6. The van der Waals surface area contributed by atoms with Crippen LogP contribution in [0.15, 0.2) is 64.3 Å². The molecule has 9 heteroatoms. The van der Waals surface area contributed by atoms with Crippen molar-refractivity contribution in [2.24, 2.45) is 0 Å². The fraction of sp³-hybridized carbons (Fsp3) is 0.320. The smallest absolute Gasteiger partial charge is 0.407 e. The van der Waals surface area contributed by atoms with Crippen LogP contribution in [-0.2, 0) is 9.47 Å². The molecule has 0 spiro atoms. The van der Waals surface area contributed by atoms with Crippen molar-refractivity contribution in [3.05, 3.63) is 92.3 Å². The SMILES string of the molecule is Cc1cn([C@H]2C[C@H](NC(=O)OCC3c4ccccc4-c4ccccc43)[C@@H](CO)O2)c(=O)[nH]c1=O. The Bertz CT molecular complexity index is 1300. The maximum absolute atomic E-state index is 12.7.